The second kappa shape index (κ2) is 11.3. The summed E-state index contributed by atoms with van der Waals surface area (Å²) in [5.74, 6) is 0. The maximum absolute atomic E-state index is 12.0. The number of hydrogen-bond acceptors (Lipinski definition) is 5. The van der Waals surface area contributed by atoms with E-state index in [0.717, 1.165) is 19.4 Å². The van der Waals surface area contributed by atoms with Gasteiger partial charge in [-0.25, -0.2) is 26.3 Å². The summed E-state index contributed by atoms with van der Waals surface area (Å²) in [7, 11) is -6.88. The molecule has 0 saturated carbocycles. The highest BCUT2D eigenvalue weighted by molar-refractivity contribution is 7.89. The fourth-order valence-corrected chi connectivity index (χ4v) is 4.68. The Hall–Kier alpha value is -1.78. The van der Waals surface area contributed by atoms with Crippen molar-refractivity contribution in [3.8, 4) is 0 Å². The lowest BCUT2D eigenvalue weighted by Crippen LogP contribution is -2.28. The summed E-state index contributed by atoms with van der Waals surface area (Å²) in [5.41, 5.74) is 0. The summed E-state index contributed by atoms with van der Waals surface area (Å²) in [5, 5.41) is 3.23. The zero-order valence-electron chi connectivity index (χ0n) is 15.7. The largest absolute Gasteiger partial charge is 0.317 e. The number of unbranched alkanes of at least 4 members (excludes halogenated alkanes) is 1. The molecule has 0 amide bonds. The van der Waals surface area contributed by atoms with Crippen LogP contribution < -0.4 is 14.8 Å². The Morgan fingerprint density at radius 1 is 0.536 bits per heavy atom. The summed E-state index contributed by atoms with van der Waals surface area (Å²) in [6.45, 7) is 2.18. The van der Waals surface area contributed by atoms with Gasteiger partial charge in [0.05, 0.1) is 9.79 Å². The molecule has 154 valence electrons. The molecule has 28 heavy (non-hydrogen) atoms. The molecule has 7 nitrogen and oxygen atoms in total. The first-order chi connectivity index (χ1) is 13.4. The standard InChI is InChI=1S/C19H27N3O4S2/c23-27(24,18-10-3-1-4-11-18)21-16-8-7-14-20-15-9-17-22-28(25,26)19-12-5-2-6-13-19/h1-6,10-13,20-22H,7-9,14-17H2. The number of benzene rings is 2. The number of hydrogen-bond donors (Lipinski definition) is 3. The van der Waals surface area contributed by atoms with E-state index in [1.54, 1.807) is 60.7 Å². The van der Waals surface area contributed by atoms with Gasteiger partial charge in [-0.15, -0.1) is 0 Å². The SMILES string of the molecule is O=S(=O)(NCCCCNCCCNS(=O)(=O)c1ccccc1)c1ccccc1. The molecular weight excluding hydrogens is 398 g/mol. The topological polar surface area (TPSA) is 104 Å². The van der Waals surface area contributed by atoms with Crippen LogP contribution in [0.5, 0.6) is 0 Å². The summed E-state index contributed by atoms with van der Waals surface area (Å²) >= 11 is 0. The number of sulfonamides is 2. The lowest BCUT2D eigenvalue weighted by molar-refractivity contribution is 0.561. The highest BCUT2D eigenvalue weighted by atomic mass is 32.2. The molecule has 9 heteroatoms. The lowest BCUT2D eigenvalue weighted by Gasteiger charge is -2.08. The van der Waals surface area contributed by atoms with E-state index in [0.29, 0.717) is 26.1 Å². The van der Waals surface area contributed by atoms with Crippen molar-refractivity contribution in [2.45, 2.75) is 29.1 Å². The van der Waals surface area contributed by atoms with Crippen LogP contribution in [0, 0.1) is 0 Å². The maximum atomic E-state index is 12.0. The normalized spacial score (nSPS) is 12.1. The van der Waals surface area contributed by atoms with E-state index in [9.17, 15) is 16.8 Å². The van der Waals surface area contributed by atoms with Gasteiger partial charge in [0.1, 0.15) is 0 Å². The summed E-state index contributed by atoms with van der Waals surface area (Å²) < 4.78 is 53.3. The molecule has 0 aromatic heterocycles. The van der Waals surface area contributed by atoms with Crippen molar-refractivity contribution in [2.24, 2.45) is 0 Å². The molecule has 2 aromatic rings. The van der Waals surface area contributed by atoms with Crippen molar-refractivity contribution < 1.29 is 16.8 Å². The van der Waals surface area contributed by atoms with E-state index in [1.807, 2.05) is 0 Å². The fraction of sp³-hybridized carbons (Fsp3) is 0.368. The molecule has 2 rings (SSSR count). The van der Waals surface area contributed by atoms with Gasteiger partial charge in [0, 0.05) is 13.1 Å². The Labute approximate surface area is 167 Å². The zero-order chi connectivity index (χ0) is 20.3. The van der Waals surface area contributed by atoms with Crippen LogP contribution in [0.15, 0.2) is 70.5 Å². The minimum atomic E-state index is -3.44. The van der Waals surface area contributed by atoms with Gasteiger partial charge in [-0.05, 0) is 56.6 Å². The Bertz CT molecular complexity index is 825. The van der Waals surface area contributed by atoms with Gasteiger partial charge < -0.3 is 5.32 Å². The van der Waals surface area contributed by atoms with Gasteiger partial charge in [0.25, 0.3) is 0 Å². The first-order valence-electron chi connectivity index (χ1n) is 9.22. The van der Waals surface area contributed by atoms with Crippen molar-refractivity contribution in [1.82, 2.24) is 14.8 Å². The van der Waals surface area contributed by atoms with Gasteiger partial charge >= 0.3 is 0 Å². The summed E-state index contributed by atoms with van der Waals surface area (Å²) in [4.78, 5) is 0.534. The quantitative estimate of drug-likeness (QED) is 0.424. The summed E-state index contributed by atoms with van der Waals surface area (Å²) in [6, 6.07) is 16.6. The van der Waals surface area contributed by atoms with Gasteiger partial charge in [0.15, 0.2) is 0 Å². The van der Waals surface area contributed by atoms with Crippen molar-refractivity contribution in [3.05, 3.63) is 60.7 Å². The molecule has 0 aliphatic heterocycles. The molecule has 0 bridgehead atoms. The smallest absolute Gasteiger partial charge is 0.240 e. The third-order valence-corrected chi connectivity index (χ3v) is 6.96. The molecule has 0 aliphatic rings. The van der Waals surface area contributed by atoms with E-state index in [2.05, 4.69) is 14.8 Å². The van der Waals surface area contributed by atoms with Crippen LogP contribution in [0.25, 0.3) is 0 Å². The van der Waals surface area contributed by atoms with Crippen LogP contribution in [0.3, 0.4) is 0 Å². The van der Waals surface area contributed by atoms with E-state index < -0.39 is 20.0 Å². The molecule has 0 heterocycles. The number of rotatable bonds is 13. The van der Waals surface area contributed by atoms with Crippen molar-refractivity contribution in [2.75, 3.05) is 26.2 Å². The maximum Gasteiger partial charge on any atom is 0.240 e. The predicted molar refractivity (Wildman–Crippen MR) is 110 cm³/mol. The summed E-state index contributed by atoms with van der Waals surface area (Å²) in [6.07, 6.45) is 2.22. The lowest BCUT2D eigenvalue weighted by atomic mass is 10.3. The minimum Gasteiger partial charge on any atom is -0.317 e. The van der Waals surface area contributed by atoms with E-state index >= 15 is 0 Å². The third-order valence-electron chi connectivity index (χ3n) is 4.00. The van der Waals surface area contributed by atoms with Crippen molar-refractivity contribution in [3.63, 3.8) is 0 Å². The van der Waals surface area contributed by atoms with Crippen LogP contribution in [0.4, 0.5) is 0 Å². The average molecular weight is 426 g/mol. The minimum absolute atomic E-state index is 0.265. The van der Waals surface area contributed by atoms with Crippen molar-refractivity contribution >= 4 is 20.0 Å². The first-order valence-corrected chi connectivity index (χ1v) is 12.2. The third kappa shape index (κ3) is 7.69. The van der Waals surface area contributed by atoms with Crippen LogP contribution in [0.2, 0.25) is 0 Å². The molecule has 0 fully saturated rings. The Morgan fingerprint density at radius 2 is 0.929 bits per heavy atom. The Kier molecular flexibility index (Phi) is 9.07. The van der Waals surface area contributed by atoms with E-state index in [1.165, 1.54) is 0 Å². The van der Waals surface area contributed by atoms with Crippen LogP contribution >= 0.6 is 0 Å². The van der Waals surface area contributed by atoms with E-state index in [4.69, 9.17) is 0 Å². The molecule has 3 N–H and O–H groups in total. The average Bonchev–Trinajstić information content (AvgIpc) is 2.70. The van der Waals surface area contributed by atoms with Gasteiger partial charge in [-0.2, -0.15) is 0 Å². The molecule has 0 unspecified atom stereocenters. The monoisotopic (exact) mass is 425 g/mol. The van der Waals surface area contributed by atoms with Gasteiger partial charge in [-0.1, -0.05) is 36.4 Å². The second-order valence-corrected chi connectivity index (χ2v) is 9.77. The molecule has 2 aromatic carbocycles. The van der Waals surface area contributed by atoms with Crippen LogP contribution in [0.1, 0.15) is 19.3 Å². The second-order valence-electron chi connectivity index (χ2n) is 6.23. The Morgan fingerprint density at radius 3 is 1.43 bits per heavy atom. The van der Waals surface area contributed by atoms with Crippen LogP contribution in [-0.2, 0) is 20.0 Å². The zero-order valence-corrected chi connectivity index (χ0v) is 17.3. The number of nitrogens with one attached hydrogen (secondary N) is 3. The molecule has 0 atom stereocenters. The Balaban J connectivity index is 1.51. The molecule has 0 spiro atoms. The fourth-order valence-electron chi connectivity index (χ4n) is 2.49. The van der Waals surface area contributed by atoms with E-state index in [-0.39, 0.29) is 9.79 Å². The van der Waals surface area contributed by atoms with Gasteiger partial charge in [0.2, 0.25) is 20.0 Å². The van der Waals surface area contributed by atoms with Crippen molar-refractivity contribution in [1.29, 1.82) is 0 Å². The highest BCUT2D eigenvalue weighted by Crippen LogP contribution is 2.07. The van der Waals surface area contributed by atoms with Crippen LogP contribution in [-0.4, -0.2) is 43.0 Å². The highest BCUT2D eigenvalue weighted by Gasteiger charge is 2.12. The molecule has 0 radical (unpaired) electrons. The molecule has 0 saturated heterocycles. The molecule has 0 aliphatic carbocycles. The predicted octanol–water partition coefficient (Wildman–Crippen LogP) is 1.70. The molecular formula is C19H27N3O4S2. The van der Waals surface area contributed by atoms with Gasteiger partial charge in [-0.3, -0.25) is 0 Å². The first kappa shape index (κ1) is 22.5.